The van der Waals surface area contributed by atoms with Crippen molar-refractivity contribution in [1.29, 1.82) is 0 Å². The molecule has 2 unspecified atom stereocenters. The van der Waals surface area contributed by atoms with E-state index in [1.54, 1.807) is 24.3 Å². The Bertz CT molecular complexity index is 545. The van der Waals surface area contributed by atoms with Gasteiger partial charge in [-0.2, -0.15) is 0 Å². The third-order valence-electron chi connectivity index (χ3n) is 3.23. The van der Waals surface area contributed by atoms with E-state index in [9.17, 15) is 9.59 Å². The maximum atomic E-state index is 11.9. The fraction of sp³-hybridized carbons (Fsp3) is 0.333. The molecule has 2 atom stereocenters. The molecule has 1 aromatic rings. The normalized spacial score (nSPS) is 20.2. The standard InChI is InChI=1S/C15H16N2O2/c1-3-8-16-14(18)11-6-4-5-7-13(11)17-15(19)12-9-10(12)2/h1,4-7,10,12H,8-9H2,2H3,(H,16,18)(H,17,19). The molecule has 0 radical (unpaired) electrons. The summed E-state index contributed by atoms with van der Waals surface area (Å²) >= 11 is 0. The maximum Gasteiger partial charge on any atom is 0.254 e. The van der Waals surface area contributed by atoms with Gasteiger partial charge in [-0.05, 0) is 24.5 Å². The Morgan fingerprint density at radius 1 is 1.42 bits per heavy atom. The van der Waals surface area contributed by atoms with Crippen LogP contribution in [0.15, 0.2) is 24.3 Å². The third kappa shape index (κ3) is 3.14. The van der Waals surface area contributed by atoms with Gasteiger partial charge in [-0.15, -0.1) is 6.42 Å². The molecule has 1 aliphatic rings. The summed E-state index contributed by atoms with van der Waals surface area (Å²) in [5.74, 6) is 2.54. The molecule has 0 saturated heterocycles. The van der Waals surface area contributed by atoms with Crippen molar-refractivity contribution >= 4 is 17.5 Å². The average molecular weight is 256 g/mol. The van der Waals surface area contributed by atoms with Gasteiger partial charge < -0.3 is 10.6 Å². The van der Waals surface area contributed by atoms with E-state index in [4.69, 9.17) is 6.42 Å². The maximum absolute atomic E-state index is 11.9. The highest BCUT2D eigenvalue weighted by Crippen LogP contribution is 2.38. The van der Waals surface area contributed by atoms with Crippen LogP contribution in [0.5, 0.6) is 0 Å². The van der Waals surface area contributed by atoms with Crippen LogP contribution in [-0.4, -0.2) is 18.4 Å². The predicted molar refractivity (Wildman–Crippen MR) is 73.5 cm³/mol. The Morgan fingerprint density at radius 2 is 2.11 bits per heavy atom. The van der Waals surface area contributed by atoms with Gasteiger partial charge in [-0.1, -0.05) is 25.0 Å². The van der Waals surface area contributed by atoms with Gasteiger partial charge in [-0.3, -0.25) is 9.59 Å². The fourth-order valence-corrected chi connectivity index (χ4v) is 1.93. The highest BCUT2D eigenvalue weighted by Gasteiger charge is 2.39. The molecule has 4 heteroatoms. The largest absolute Gasteiger partial charge is 0.341 e. The van der Waals surface area contributed by atoms with Crippen molar-refractivity contribution in [3.8, 4) is 12.3 Å². The summed E-state index contributed by atoms with van der Waals surface area (Å²) in [5, 5.41) is 5.40. The Kier molecular flexibility index (Phi) is 3.86. The van der Waals surface area contributed by atoms with Crippen LogP contribution in [0.4, 0.5) is 5.69 Å². The zero-order valence-corrected chi connectivity index (χ0v) is 10.8. The minimum atomic E-state index is -0.280. The van der Waals surface area contributed by atoms with Crippen LogP contribution in [0.25, 0.3) is 0 Å². The predicted octanol–water partition coefficient (Wildman–Crippen LogP) is 1.64. The number of rotatable bonds is 4. The van der Waals surface area contributed by atoms with E-state index >= 15 is 0 Å². The molecule has 19 heavy (non-hydrogen) atoms. The first kappa shape index (κ1) is 13.2. The van der Waals surface area contributed by atoms with Crippen molar-refractivity contribution < 1.29 is 9.59 Å². The monoisotopic (exact) mass is 256 g/mol. The van der Waals surface area contributed by atoms with Crippen molar-refractivity contribution in [2.75, 3.05) is 11.9 Å². The van der Waals surface area contributed by atoms with Gasteiger partial charge in [0.05, 0.1) is 17.8 Å². The molecular formula is C15H16N2O2. The molecule has 1 aliphatic carbocycles. The van der Waals surface area contributed by atoms with Gasteiger partial charge in [0, 0.05) is 5.92 Å². The van der Waals surface area contributed by atoms with E-state index in [0.717, 1.165) is 6.42 Å². The summed E-state index contributed by atoms with van der Waals surface area (Å²) in [7, 11) is 0. The second-order valence-electron chi connectivity index (χ2n) is 4.74. The van der Waals surface area contributed by atoms with E-state index in [1.807, 2.05) is 6.92 Å². The lowest BCUT2D eigenvalue weighted by Crippen LogP contribution is -2.25. The van der Waals surface area contributed by atoms with Gasteiger partial charge in [-0.25, -0.2) is 0 Å². The topological polar surface area (TPSA) is 58.2 Å². The molecule has 0 aliphatic heterocycles. The second kappa shape index (κ2) is 5.57. The first-order chi connectivity index (χ1) is 9.13. The zero-order chi connectivity index (χ0) is 13.8. The van der Waals surface area contributed by atoms with Crippen molar-refractivity contribution in [2.24, 2.45) is 11.8 Å². The van der Waals surface area contributed by atoms with Gasteiger partial charge in [0.25, 0.3) is 5.91 Å². The van der Waals surface area contributed by atoms with Gasteiger partial charge in [0.15, 0.2) is 0 Å². The lowest BCUT2D eigenvalue weighted by molar-refractivity contribution is -0.117. The number of anilines is 1. The van der Waals surface area contributed by atoms with Crippen molar-refractivity contribution in [2.45, 2.75) is 13.3 Å². The van der Waals surface area contributed by atoms with Crippen LogP contribution in [0.1, 0.15) is 23.7 Å². The van der Waals surface area contributed by atoms with Gasteiger partial charge in [0.2, 0.25) is 5.91 Å². The summed E-state index contributed by atoms with van der Waals surface area (Å²) in [4.78, 5) is 23.8. The van der Waals surface area contributed by atoms with Crippen LogP contribution in [0.3, 0.4) is 0 Å². The third-order valence-corrected chi connectivity index (χ3v) is 3.23. The van der Waals surface area contributed by atoms with E-state index in [1.165, 1.54) is 0 Å². The summed E-state index contributed by atoms with van der Waals surface area (Å²) in [6, 6.07) is 6.91. The Balaban J connectivity index is 2.10. The molecule has 2 amide bonds. The Hall–Kier alpha value is -2.28. The van der Waals surface area contributed by atoms with E-state index in [0.29, 0.717) is 17.2 Å². The number of hydrogen-bond donors (Lipinski definition) is 2. The van der Waals surface area contributed by atoms with Crippen molar-refractivity contribution in [3.63, 3.8) is 0 Å². The molecular weight excluding hydrogens is 240 g/mol. The minimum Gasteiger partial charge on any atom is -0.341 e. The van der Waals surface area contributed by atoms with Crippen LogP contribution >= 0.6 is 0 Å². The van der Waals surface area contributed by atoms with Crippen LogP contribution < -0.4 is 10.6 Å². The lowest BCUT2D eigenvalue weighted by atomic mass is 10.1. The summed E-state index contributed by atoms with van der Waals surface area (Å²) in [6.45, 7) is 2.20. The molecule has 4 nitrogen and oxygen atoms in total. The number of para-hydroxylation sites is 1. The molecule has 1 aromatic carbocycles. The average Bonchev–Trinajstić information content (AvgIpc) is 3.14. The number of nitrogens with one attached hydrogen (secondary N) is 2. The van der Waals surface area contributed by atoms with Crippen LogP contribution in [-0.2, 0) is 4.79 Å². The number of hydrogen-bond acceptors (Lipinski definition) is 2. The zero-order valence-electron chi connectivity index (χ0n) is 10.8. The molecule has 0 spiro atoms. The lowest BCUT2D eigenvalue weighted by Gasteiger charge is -2.10. The van der Waals surface area contributed by atoms with Crippen molar-refractivity contribution in [3.05, 3.63) is 29.8 Å². The second-order valence-corrected chi connectivity index (χ2v) is 4.74. The summed E-state index contributed by atoms with van der Waals surface area (Å²) in [6.07, 6.45) is 6.02. The molecule has 1 fully saturated rings. The smallest absolute Gasteiger partial charge is 0.254 e. The summed E-state index contributed by atoms with van der Waals surface area (Å²) in [5.41, 5.74) is 0.959. The van der Waals surface area contributed by atoms with Crippen molar-refractivity contribution in [1.82, 2.24) is 5.32 Å². The molecule has 0 aromatic heterocycles. The molecule has 0 bridgehead atoms. The number of benzene rings is 1. The first-order valence-electron chi connectivity index (χ1n) is 6.25. The van der Waals surface area contributed by atoms with E-state index in [2.05, 4.69) is 16.6 Å². The first-order valence-corrected chi connectivity index (χ1v) is 6.25. The number of terminal acetylenes is 1. The van der Waals surface area contributed by atoms with Crippen LogP contribution in [0, 0.1) is 24.2 Å². The molecule has 2 rings (SSSR count). The number of amides is 2. The molecule has 0 heterocycles. The number of carbonyl (C=O) groups excluding carboxylic acids is 2. The minimum absolute atomic E-state index is 0.0234. The van der Waals surface area contributed by atoms with Gasteiger partial charge >= 0.3 is 0 Å². The highest BCUT2D eigenvalue weighted by molar-refractivity contribution is 6.04. The highest BCUT2D eigenvalue weighted by atomic mass is 16.2. The van der Waals surface area contributed by atoms with Crippen LogP contribution in [0.2, 0.25) is 0 Å². The number of carbonyl (C=O) groups is 2. The molecule has 1 saturated carbocycles. The summed E-state index contributed by atoms with van der Waals surface area (Å²) < 4.78 is 0. The SMILES string of the molecule is C#CCNC(=O)c1ccccc1NC(=O)C1CC1C. The van der Waals surface area contributed by atoms with E-state index in [-0.39, 0.29) is 24.3 Å². The quantitative estimate of drug-likeness (QED) is 0.805. The fourth-order valence-electron chi connectivity index (χ4n) is 1.93. The Labute approximate surface area is 112 Å². The van der Waals surface area contributed by atoms with E-state index < -0.39 is 0 Å². The molecule has 98 valence electrons. The van der Waals surface area contributed by atoms with Gasteiger partial charge in [0.1, 0.15) is 0 Å². The molecule has 2 N–H and O–H groups in total. The Morgan fingerprint density at radius 3 is 2.74 bits per heavy atom.